The predicted octanol–water partition coefficient (Wildman–Crippen LogP) is 1.96. The molecule has 3 N–H and O–H groups in total. The molecule has 0 aromatic rings. The van der Waals surface area contributed by atoms with Crippen molar-refractivity contribution in [2.24, 2.45) is 11.8 Å². The van der Waals surface area contributed by atoms with E-state index in [0.29, 0.717) is 12.8 Å². The normalized spacial score (nSPS) is 25.5. The van der Waals surface area contributed by atoms with Gasteiger partial charge in [-0.3, -0.25) is 9.59 Å². The standard InChI is InChI=1S/C21H34O6/c1-3-4-10-21(2,26)11-7-9-18-17(19(24)13-20(18)25)8-5-6-12-27-15-16(23)14-22/h5-7,9,17-18,20,22,25-26H,3-4,8,10-15H2,1-2H3/b6-5-,9-7+. The minimum Gasteiger partial charge on any atom is -0.392 e. The summed E-state index contributed by atoms with van der Waals surface area (Å²) in [6.45, 7) is 3.46. The number of ketones is 2. The van der Waals surface area contributed by atoms with Crippen molar-refractivity contribution in [2.75, 3.05) is 19.8 Å². The Bertz CT molecular complexity index is 523. The Morgan fingerprint density at radius 3 is 2.74 bits per heavy atom. The van der Waals surface area contributed by atoms with E-state index in [1.54, 1.807) is 6.08 Å². The lowest BCUT2D eigenvalue weighted by atomic mass is 9.89. The number of carbonyl (C=O) groups is 2. The molecule has 27 heavy (non-hydrogen) atoms. The molecule has 0 spiro atoms. The third-order valence-corrected chi connectivity index (χ3v) is 4.93. The third kappa shape index (κ3) is 8.93. The number of unbranched alkanes of at least 4 members (excludes halogenated alkanes) is 1. The van der Waals surface area contributed by atoms with Crippen LogP contribution in [0.2, 0.25) is 0 Å². The summed E-state index contributed by atoms with van der Waals surface area (Å²) in [7, 11) is 0. The van der Waals surface area contributed by atoms with Crippen LogP contribution >= 0.6 is 0 Å². The van der Waals surface area contributed by atoms with E-state index >= 15 is 0 Å². The van der Waals surface area contributed by atoms with Crippen molar-refractivity contribution in [3.8, 4) is 0 Å². The van der Waals surface area contributed by atoms with E-state index in [1.165, 1.54) is 0 Å². The molecule has 0 bridgehead atoms. The Hall–Kier alpha value is -1.34. The first kappa shape index (κ1) is 23.7. The van der Waals surface area contributed by atoms with Crippen LogP contribution in [-0.2, 0) is 14.3 Å². The maximum absolute atomic E-state index is 12.2. The molecule has 1 aliphatic rings. The van der Waals surface area contributed by atoms with Gasteiger partial charge in [-0.1, -0.05) is 44.1 Å². The van der Waals surface area contributed by atoms with Crippen molar-refractivity contribution >= 4 is 11.6 Å². The first-order chi connectivity index (χ1) is 12.8. The molecular weight excluding hydrogens is 348 g/mol. The topological polar surface area (TPSA) is 104 Å². The maximum atomic E-state index is 12.2. The zero-order chi connectivity index (χ0) is 20.3. The fourth-order valence-corrected chi connectivity index (χ4v) is 3.26. The maximum Gasteiger partial charge on any atom is 0.183 e. The summed E-state index contributed by atoms with van der Waals surface area (Å²) in [5, 5.41) is 29.1. The summed E-state index contributed by atoms with van der Waals surface area (Å²) in [5.41, 5.74) is -0.765. The fraction of sp³-hybridized carbons (Fsp3) is 0.714. The van der Waals surface area contributed by atoms with E-state index in [4.69, 9.17) is 9.84 Å². The molecule has 1 fully saturated rings. The monoisotopic (exact) mass is 382 g/mol. The van der Waals surface area contributed by atoms with Gasteiger partial charge < -0.3 is 20.1 Å². The van der Waals surface area contributed by atoms with Gasteiger partial charge in [-0.15, -0.1) is 0 Å². The SMILES string of the molecule is CCCCC(C)(O)C/C=C/C1C(O)CC(=O)C1C/C=C\COCC(=O)CO. The molecule has 0 heterocycles. The van der Waals surface area contributed by atoms with Gasteiger partial charge >= 0.3 is 0 Å². The van der Waals surface area contributed by atoms with Gasteiger partial charge in [0, 0.05) is 18.3 Å². The molecule has 6 heteroatoms. The minimum absolute atomic E-state index is 0.0379. The van der Waals surface area contributed by atoms with Crippen LogP contribution in [0.25, 0.3) is 0 Å². The first-order valence-corrected chi connectivity index (χ1v) is 9.76. The molecule has 0 radical (unpaired) electrons. The van der Waals surface area contributed by atoms with E-state index in [-0.39, 0.29) is 43.0 Å². The van der Waals surface area contributed by atoms with E-state index in [9.17, 15) is 19.8 Å². The largest absolute Gasteiger partial charge is 0.392 e. The summed E-state index contributed by atoms with van der Waals surface area (Å²) in [5.74, 6) is -0.874. The second kappa shape index (κ2) is 12.2. The number of ether oxygens (including phenoxy) is 1. The van der Waals surface area contributed by atoms with Crippen LogP contribution in [0, 0.1) is 11.8 Å². The van der Waals surface area contributed by atoms with Crippen molar-refractivity contribution in [3.05, 3.63) is 24.3 Å². The second-order valence-corrected chi connectivity index (χ2v) is 7.57. The predicted molar refractivity (Wildman–Crippen MR) is 103 cm³/mol. The van der Waals surface area contributed by atoms with Crippen molar-refractivity contribution in [1.82, 2.24) is 0 Å². The van der Waals surface area contributed by atoms with E-state index < -0.39 is 18.3 Å². The Labute approximate surface area is 161 Å². The summed E-state index contributed by atoms with van der Waals surface area (Å²) < 4.78 is 5.09. The highest BCUT2D eigenvalue weighted by molar-refractivity contribution is 5.84. The summed E-state index contributed by atoms with van der Waals surface area (Å²) >= 11 is 0. The van der Waals surface area contributed by atoms with Crippen LogP contribution in [0.5, 0.6) is 0 Å². The molecule has 0 saturated heterocycles. The van der Waals surface area contributed by atoms with Gasteiger partial charge in [-0.2, -0.15) is 0 Å². The van der Waals surface area contributed by atoms with Gasteiger partial charge in [0.1, 0.15) is 19.0 Å². The van der Waals surface area contributed by atoms with Crippen LogP contribution in [0.3, 0.4) is 0 Å². The van der Waals surface area contributed by atoms with E-state index in [1.807, 2.05) is 25.2 Å². The molecule has 1 saturated carbocycles. The molecule has 4 unspecified atom stereocenters. The molecule has 1 rings (SSSR count). The number of aliphatic hydroxyl groups is 3. The highest BCUT2D eigenvalue weighted by Crippen LogP contribution is 2.33. The molecule has 0 aromatic heterocycles. The molecule has 6 nitrogen and oxygen atoms in total. The molecule has 0 aliphatic heterocycles. The van der Waals surface area contributed by atoms with Crippen LogP contribution in [0.4, 0.5) is 0 Å². The number of rotatable bonds is 13. The van der Waals surface area contributed by atoms with Crippen molar-refractivity contribution < 1.29 is 29.6 Å². The quantitative estimate of drug-likeness (QED) is 0.332. The zero-order valence-electron chi connectivity index (χ0n) is 16.5. The lowest BCUT2D eigenvalue weighted by Crippen LogP contribution is -2.23. The number of allylic oxidation sites excluding steroid dienone is 1. The van der Waals surface area contributed by atoms with Gasteiger partial charge in [0.2, 0.25) is 0 Å². The summed E-state index contributed by atoms with van der Waals surface area (Å²) in [6, 6.07) is 0. The number of Topliss-reactive ketones (excluding diaryl/α,β-unsaturated/α-hetero) is 2. The highest BCUT2D eigenvalue weighted by atomic mass is 16.5. The summed E-state index contributed by atoms with van der Waals surface area (Å²) in [6.07, 6.45) is 10.5. The van der Waals surface area contributed by atoms with Crippen LogP contribution < -0.4 is 0 Å². The molecule has 1 aliphatic carbocycles. The van der Waals surface area contributed by atoms with Crippen LogP contribution in [0.1, 0.15) is 52.4 Å². The number of carbonyl (C=O) groups excluding carboxylic acids is 2. The Kier molecular flexibility index (Phi) is 10.7. The highest BCUT2D eigenvalue weighted by Gasteiger charge is 2.39. The van der Waals surface area contributed by atoms with Crippen molar-refractivity contribution in [1.29, 1.82) is 0 Å². The molecule has 0 aromatic carbocycles. The minimum atomic E-state index is -0.765. The van der Waals surface area contributed by atoms with Crippen LogP contribution in [-0.4, -0.2) is 58.4 Å². The average molecular weight is 382 g/mol. The smallest absolute Gasteiger partial charge is 0.183 e. The number of hydrogen-bond donors (Lipinski definition) is 3. The van der Waals surface area contributed by atoms with Crippen LogP contribution in [0.15, 0.2) is 24.3 Å². The Morgan fingerprint density at radius 1 is 1.33 bits per heavy atom. The second-order valence-electron chi connectivity index (χ2n) is 7.57. The van der Waals surface area contributed by atoms with E-state index in [0.717, 1.165) is 19.3 Å². The first-order valence-electron chi connectivity index (χ1n) is 9.76. The van der Waals surface area contributed by atoms with Gasteiger partial charge in [0.25, 0.3) is 0 Å². The molecule has 0 amide bonds. The number of aliphatic hydroxyl groups excluding tert-OH is 2. The van der Waals surface area contributed by atoms with Crippen molar-refractivity contribution in [2.45, 2.75) is 64.1 Å². The summed E-state index contributed by atoms with van der Waals surface area (Å²) in [4.78, 5) is 23.1. The lowest BCUT2D eigenvalue weighted by molar-refractivity contribution is -0.125. The Balaban J connectivity index is 2.51. The fourth-order valence-electron chi connectivity index (χ4n) is 3.26. The van der Waals surface area contributed by atoms with Gasteiger partial charge in [-0.05, 0) is 26.2 Å². The molecule has 4 atom stereocenters. The van der Waals surface area contributed by atoms with Gasteiger partial charge in [-0.25, -0.2) is 0 Å². The lowest BCUT2D eigenvalue weighted by Gasteiger charge is -2.22. The van der Waals surface area contributed by atoms with Crippen molar-refractivity contribution in [3.63, 3.8) is 0 Å². The van der Waals surface area contributed by atoms with Gasteiger partial charge in [0.05, 0.1) is 18.3 Å². The third-order valence-electron chi connectivity index (χ3n) is 4.93. The Morgan fingerprint density at radius 2 is 2.07 bits per heavy atom. The van der Waals surface area contributed by atoms with Gasteiger partial charge in [0.15, 0.2) is 5.78 Å². The molecule has 154 valence electrons. The van der Waals surface area contributed by atoms with E-state index in [2.05, 4.69) is 6.92 Å². The molecular formula is C21H34O6. The number of hydrogen-bond acceptors (Lipinski definition) is 6. The average Bonchev–Trinajstić information content (AvgIpc) is 2.89. The zero-order valence-corrected chi connectivity index (χ0v) is 16.5.